The Morgan fingerprint density at radius 1 is 0.923 bits per heavy atom. The van der Waals surface area contributed by atoms with E-state index < -0.39 is 5.91 Å². The molecule has 0 heterocycles. The van der Waals surface area contributed by atoms with Gasteiger partial charge in [-0.3, -0.25) is 9.59 Å². The molecule has 2 amide bonds. The van der Waals surface area contributed by atoms with Crippen molar-refractivity contribution in [2.24, 2.45) is 0 Å². The van der Waals surface area contributed by atoms with E-state index in [4.69, 9.17) is 14.7 Å². The van der Waals surface area contributed by atoms with Gasteiger partial charge in [-0.05, 0) is 43.3 Å². The Kier molecular flexibility index (Phi) is 7.01. The van der Waals surface area contributed by atoms with Crippen molar-refractivity contribution in [2.75, 3.05) is 23.8 Å². The van der Waals surface area contributed by atoms with Crippen LogP contribution in [0.3, 0.4) is 0 Å². The van der Waals surface area contributed by atoms with Gasteiger partial charge in [0.05, 0.1) is 24.1 Å². The number of rotatable bonds is 8. The molecular formula is C19H19N3O4. The molecule has 0 bridgehead atoms. The molecule has 0 aromatic heterocycles. The molecule has 0 radical (unpaired) electrons. The number of amides is 2. The molecule has 7 nitrogen and oxygen atoms in total. The van der Waals surface area contributed by atoms with Crippen LogP contribution in [0.4, 0.5) is 11.4 Å². The summed E-state index contributed by atoms with van der Waals surface area (Å²) in [6.45, 7) is 2.29. The van der Waals surface area contributed by atoms with E-state index in [9.17, 15) is 9.59 Å². The van der Waals surface area contributed by atoms with E-state index in [0.717, 1.165) is 5.75 Å². The summed E-state index contributed by atoms with van der Waals surface area (Å²) in [6.07, 6.45) is -0.261. The zero-order chi connectivity index (χ0) is 18.8. The molecule has 0 aliphatic rings. The van der Waals surface area contributed by atoms with Crippen molar-refractivity contribution in [3.63, 3.8) is 0 Å². The van der Waals surface area contributed by atoms with Crippen molar-refractivity contribution in [1.29, 1.82) is 5.26 Å². The van der Waals surface area contributed by atoms with E-state index >= 15 is 0 Å². The lowest BCUT2D eigenvalue weighted by atomic mass is 10.2. The standard InChI is InChI=1S/C19H19N3O4/c1-2-25-14-7-9-15(10-8-14)26-13-19(24)22-17-6-4-3-5-16(17)21-18(23)11-12-20/h3-10H,2,11,13H2,1H3,(H,21,23)(H,22,24). The maximum atomic E-state index is 12.1. The second kappa shape index (κ2) is 9.69. The van der Waals surface area contributed by atoms with Crippen molar-refractivity contribution in [2.45, 2.75) is 13.3 Å². The Hall–Kier alpha value is -3.53. The molecule has 0 fully saturated rings. The largest absolute Gasteiger partial charge is 0.494 e. The third-order valence-corrected chi connectivity index (χ3v) is 3.22. The Morgan fingerprint density at radius 3 is 2.00 bits per heavy atom. The number of ether oxygens (including phenoxy) is 2. The average molecular weight is 353 g/mol. The highest BCUT2D eigenvalue weighted by Crippen LogP contribution is 2.21. The summed E-state index contributed by atoms with van der Waals surface area (Å²) in [7, 11) is 0. The van der Waals surface area contributed by atoms with Gasteiger partial charge in [0.25, 0.3) is 5.91 Å². The summed E-state index contributed by atoms with van der Waals surface area (Å²) in [6, 6.07) is 15.5. The molecule has 7 heteroatoms. The molecule has 134 valence electrons. The molecule has 0 aliphatic carbocycles. The number of nitriles is 1. The summed E-state index contributed by atoms with van der Waals surface area (Å²) in [5.74, 6) is 0.450. The van der Waals surface area contributed by atoms with Crippen LogP contribution in [0.15, 0.2) is 48.5 Å². The molecule has 0 aliphatic heterocycles. The van der Waals surface area contributed by atoms with Crippen molar-refractivity contribution in [3.05, 3.63) is 48.5 Å². The summed E-state index contributed by atoms with van der Waals surface area (Å²) in [4.78, 5) is 23.6. The Balaban J connectivity index is 1.91. The Morgan fingerprint density at radius 2 is 1.46 bits per heavy atom. The van der Waals surface area contributed by atoms with Crippen molar-refractivity contribution in [1.82, 2.24) is 0 Å². The average Bonchev–Trinajstić information content (AvgIpc) is 2.63. The number of hydrogen-bond acceptors (Lipinski definition) is 5. The van der Waals surface area contributed by atoms with Gasteiger partial charge in [-0.25, -0.2) is 0 Å². The fourth-order valence-electron chi connectivity index (χ4n) is 2.10. The molecule has 0 spiro atoms. The van der Waals surface area contributed by atoms with Crippen LogP contribution in [-0.2, 0) is 9.59 Å². The topological polar surface area (TPSA) is 100 Å². The molecule has 2 aromatic rings. The van der Waals surface area contributed by atoms with E-state index in [1.54, 1.807) is 54.6 Å². The first-order valence-electron chi connectivity index (χ1n) is 8.03. The number of benzene rings is 2. The third-order valence-electron chi connectivity index (χ3n) is 3.22. The van der Waals surface area contributed by atoms with Crippen LogP contribution >= 0.6 is 0 Å². The maximum Gasteiger partial charge on any atom is 0.262 e. The van der Waals surface area contributed by atoms with Crippen LogP contribution in [0.25, 0.3) is 0 Å². The van der Waals surface area contributed by atoms with Gasteiger partial charge in [0, 0.05) is 0 Å². The van der Waals surface area contributed by atoms with E-state index in [1.807, 2.05) is 6.92 Å². The minimum Gasteiger partial charge on any atom is -0.494 e. The first-order chi connectivity index (χ1) is 12.6. The molecular weight excluding hydrogens is 334 g/mol. The summed E-state index contributed by atoms with van der Waals surface area (Å²) < 4.78 is 10.8. The second-order valence-corrected chi connectivity index (χ2v) is 5.17. The van der Waals surface area contributed by atoms with Crippen LogP contribution in [0.5, 0.6) is 11.5 Å². The number of nitrogens with zero attached hydrogens (tertiary/aromatic N) is 1. The first-order valence-corrected chi connectivity index (χ1v) is 8.03. The lowest BCUT2D eigenvalue weighted by molar-refractivity contribution is -0.118. The molecule has 2 rings (SSSR count). The van der Waals surface area contributed by atoms with Gasteiger partial charge in [-0.15, -0.1) is 0 Å². The second-order valence-electron chi connectivity index (χ2n) is 5.17. The number of hydrogen-bond donors (Lipinski definition) is 2. The Bertz CT molecular complexity index is 797. The SMILES string of the molecule is CCOc1ccc(OCC(=O)Nc2ccccc2NC(=O)CC#N)cc1. The monoisotopic (exact) mass is 353 g/mol. The normalized spacial score (nSPS) is 9.69. The van der Waals surface area contributed by atoms with Crippen LogP contribution in [0.2, 0.25) is 0 Å². The number of carbonyl (C=O) groups excluding carboxylic acids is 2. The zero-order valence-corrected chi connectivity index (χ0v) is 14.3. The van der Waals surface area contributed by atoms with E-state index in [-0.39, 0.29) is 18.9 Å². The quantitative estimate of drug-likeness (QED) is 0.760. The molecule has 0 saturated carbocycles. The lowest BCUT2D eigenvalue weighted by Gasteiger charge is -2.12. The van der Waals surface area contributed by atoms with E-state index in [2.05, 4.69) is 10.6 Å². The smallest absolute Gasteiger partial charge is 0.262 e. The molecule has 0 saturated heterocycles. The van der Waals surface area contributed by atoms with Crippen molar-refractivity contribution < 1.29 is 19.1 Å². The summed E-state index contributed by atoms with van der Waals surface area (Å²) in [5.41, 5.74) is 0.848. The molecule has 2 N–H and O–H groups in total. The molecule has 0 unspecified atom stereocenters. The van der Waals surface area contributed by atoms with Gasteiger partial charge in [0.15, 0.2) is 6.61 Å². The molecule has 2 aromatic carbocycles. The highest BCUT2D eigenvalue weighted by Gasteiger charge is 2.10. The molecule has 0 atom stereocenters. The van der Waals surface area contributed by atoms with Gasteiger partial charge in [-0.2, -0.15) is 5.26 Å². The van der Waals surface area contributed by atoms with Gasteiger partial charge in [0.2, 0.25) is 5.91 Å². The zero-order valence-electron chi connectivity index (χ0n) is 14.3. The van der Waals surface area contributed by atoms with Gasteiger partial charge in [-0.1, -0.05) is 12.1 Å². The van der Waals surface area contributed by atoms with Crippen molar-refractivity contribution >= 4 is 23.2 Å². The summed E-state index contributed by atoms with van der Waals surface area (Å²) >= 11 is 0. The minimum atomic E-state index is -0.445. The lowest BCUT2D eigenvalue weighted by Crippen LogP contribution is -2.21. The van der Waals surface area contributed by atoms with Crippen LogP contribution < -0.4 is 20.1 Å². The fraction of sp³-hybridized carbons (Fsp3) is 0.211. The Labute approximate surface area is 151 Å². The fourth-order valence-corrected chi connectivity index (χ4v) is 2.10. The number of nitrogens with one attached hydrogen (secondary N) is 2. The third kappa shape index (κ3) is 5.83. The highest BCUT2D eigenvalue weighted by atomic mass is 16.5. The summed E-state index contributed by atoms with van der Waals surface area (Å²) in [5, 5.41) is 13.8. The van der Waals surface area contributed by atoms with Gasteiger partial charge in [0.1, 0.15) is 17.9 Å². The number of anilines is 2. The predicted molar refractivity (Wildman–Crippen MR) is 97.0 cm³/mol. The minimum absolute atomic E-state index is 0.186. The van der Waals surface area contributed by atoms with Crippen LogP contribution in [0.1, 0.15) is 13.3 Å². The predicted octanol–water partition coefficient (Wildman–Crippen LogP) is 2.95. The van der Waals surface area contributed by atoms with E-state index in [0.29, 0.717) is 23.7 Å². The highest BCUT2D eigenvalue weighted by molar-refractivity contribution is 6.00. The van der Waals surface area contributed by atoms with Crippen molar-refractivity contribution in [3.8, 4) is 17.6 Å². The molecule has 26 heavy (non-hydrogen) atoms. The first kappa shape index (κ1) is 18.8. The van der Waals surface area contributed by atoms with Gasteiger partial charge < -0.3 is 20.1 Å². The maximum absolute atomic E-state index is 12.1. The van der Waals surface area contributed by atoms with E-state index in [1.165, 1.54) is 0 Å². The number of carbonyl (C=O) groups is 2. The van der Waals surface area contributed by atoms with Gasteiger partial charge >= 0.3 is 0 Å². The number of para-hydroxylation sites is 2. The van der Waals surface area contributed by atoms with Crippen LogP contribution in [0, 0.1) is 11.3 Å². The van der Waals surface area contributed by atoms with Crippen LogP contribution in [-0.4, -0.2) is 25.0 Å².